The number of ether oxygens (including phenoxy) is 2. The molecule has 0 radical (unpaired) electrons. The molecule has 10 heteroatoms. The normalized spacial score (nSPS) is 13.9. The topological polar surface area (TPSA) is 116 Å². The maximum atomic E-state index is 11.9. The molecule has 1 aromatic heterocycles. The van der Waals surface area contributed by atoms with E-state index in [0.29, 0.717) is 23.0 Å². The van der Waals surface area contributed by atoms with Crippen molar-refractivity contribution in [3.63, 3.8) is 0 Å². The predicted octanol–water partition coefficient (Wildman–Crippen LogP) is 2.61. The highest BCUT2D eigenvalue weighted by Crippen LogP contribution is 2.32. The maximum absolute atomic E-state index is 11.9. The quantitative estimate of drug-likeness (QED) is 0.674. The van der Waals surface area contributed by atoms with Crippen molar-refractivity contribution in [1.29, 1.82) is 0 Å². The van der Waals surface area contributed by atoms with Gasteiger partial charge in [-0.05, 0) is 31.0 Å². The van der Waals surface area contributed by atoms with Gasteiger partial charge in [0.05, 0.1) is 20.0 Å². The average molecular weight is 406 g/mol. The second-order valence-corrected chi connectivity index (χ2v) is 7.16. The van der Waals surface area contributed by atoms with E-state index in [2.05, 4.69) is 20.8 Å². The van der Waals surface area contributed by atoms with Crippen LogP contribution in [0.5, 0.6) is 11.5 Å². The number of rotatable bonds is 7. The Morgan fingerprint density at radius 1 is 1.18 bits per heavy atom. The Morgan fingerprint density at radius 3 is 2.64 bits per heavy atom. The molecule has 2 aromatic rings. The summed E-state index contributed by atoms with van der Waals surface area (Å²) >= 11 is 1.06. The van der Waals surface area contributed by atoms with Gasteiger partial charge in [-0.2, -0.15) is 0 Å². The number of aromatic nitrogens is 2. The fourth-order valence-electron chi connectivity index (χ4n) is 2.94. The second-order valence-electron chi connectivity index (χ2n) is 6.23. The Hall–Kier alpha value is -2.75. The summed E-state index contributed by atoms with van der Waals surface area (Å²) in [5.41, 5.74) is 0.664. The lowest BCUT2D eigenvalue weighted by atomic mass is 10.2. The lowest BCUT2D eigenvalue weighted by Crippen LogP contribution is -2.44. The van der Waals surface area contributed by atoms with Crippen LogP contribution in [-0.2, 0) is 4.79 Å². The number of amides is 3. The lowest BCUT2D eigenvalue weighted by molar-refractivity contribution is -0.117. The van der Waals surface area contributed by atoms with E-state index in [1.807, 2.05) is 0 Å². The third-order valence-corrected chi connectivity index (χ3v) is 5.13. The first-order valence-electron chi connectivity index (χ1n) is 8.88. The number of nitrogens with one attached hydrogen (secondary N) is 2. The van der Waals surface area contributed by atoms with Gasteiger partial charge in [-0.3, -0.25) is 10.1 Å². The van der Waals surface area contributed by atoms with Gasteiger partial charge in [0.2, 0.25) is 11.8 Å². The van der Waals surface area contributed by atoms with E-state index in [4.69, 9.17) is 13.9 Å². The molecule has 1 heterocycles. The Bertz CT molecular complexity index is 835. The smallest absolute Gasteiger partial charge is 0.321 e. The van der Waals surface area contributed by atoms with Crippen molar-refractivity contribution in [2.45, 2.75) is 36.9 Å². The van der Waals surface area contributed by atoms with Crippen molar-refractivity contribution in [1.82, 2.24) is 20.8 Å². The summed E-state index contributed by atoms with van der Waals surface area (Å²) in [5.74, 6) is 0.994. The lowest BCUT2D eigenvalue weighted by Gasteiger charge is -2.11. The van der Waals surface area contributed by atoms with Crippen molar-refractivity contribution in [2.75, 3.05) is 20.0 Å². The monoisotopic (exact) mass is 406 g/mol. The van der Waals surface area contributed by atoms with E-state index in [0.717, 1.165) is 37.4 Å². The van der Waals surface area contributed by atoms with Crippen molar-refractivity contribution in [2.24, 2.45) is 0 Å². The van der Waals surface area contributed by atoms with Gasteiger partial charge in [-0.1, -0.05) is 24.6 Å². The number of nitrogens with zero attached hydrogens (tertiary/aromatic N) is 2. The van der Waals surface area contributed by atoms with Crippen molar-refractivity contribution in [3.05, 3.63) is 18.2 Å². The number of carbonyl (C=O) groups excluding carboxylic acids is 2. The van der Waals surface area contributed by atoms with Crippen LogP contribution in [0.15, 0.2) is 27.8 Å². The van der Waals surface area contributed by atoms with Crippen LogP contribution in [0.1, 0.15) is 25.7 Å². The summed E-state index contributed by atoms with van der Waals surface area (Å²) in [5, 5.41) is 13.2. The molecule has 0 atom stereocenters. The molecular weight excluding hydrogens is 384 g/mol. The van der Waals surface area contributed by atoms with Gasteiger partial charge in [0.15, 0.2) is 11.5 Å². The molecule has 0 spiro atoms. The molecule has 0 saturated heterocycles. The third kappa shape index (κ3) is 5.16. The second kappa shape index (κ2) is 9.45. The minimum atomic E-state index is -0.464. The van der Waals surface area contributed by atoms with Crippen LogP contribution in [0.25, 0.3) is 11.5 Å². The van der Waals surface area contributed by atoms with Crippen molar-refractivity contribution >= 4 is 23.7 Å². The Balaban J connectivity index is 1.51. The summed E-state index contributed by atoms with van der Waals surface area (Å²) in [6, 6.07) is 4.92. The highest BCUT2D eigenvalue weighted by molar-refractivity contribution is 7.99. The molecule has 3 amide bonds. The van der Waals surface area contributed by atoms with Crippen molar-refractivity contribution in [3.8, 4) is 23.0 Å². The fourth-order valence-corrected chi connectivity index (χ4v) is 3.50. The van der Waals surface area contributed by atoms with E-state index in [1.165, 1.54) is 7.11 Å². The molecular formula is C18H22N4O5S. The number of thioether (sulfide) groups is 1. The molecule has 0 aliphatic heterocycles. The van der Waals surface area contributed by atoms with E-state index >= 15 is 0 Å². The van der Waals surface area contributed by atoms with Gasteiger partial charge in [0.1, 0.15) is 0 Å². The molecule has 1 aliphatic rings. The van der Waals surface area contributed by atoms with Crippen LogP contribution in [-0.4, -0.2) is 48.1 Å². The first-order valence-corrected chi connectivity index (χ1v) is 9.86. The number of hydrogen-bond acceptors (Lipinski definition) is 8. The predicted molar refractivity (Wildman–Crippen MR) is 102 cm³/mol. The molecule has 3 rings (SSSR count). The summed E-state index contributed by atoms with van der Waals surface area (Å²) in [4.78, 5) is 23.7. The van der Waals surface area contributed by atoms with Crippen molar-refractivity contribution < 1.29 is 23.5 Å². The SMILES string of the molecule is COc1ccc(-c2nnc(SCC(=O)NC(=O)NC3CCCC3)o2)cc1OC. The molecule has 1 fully saturated rings. The number of hydrogen-bond donors (Lipinski definition) is 2. The van der Waals surface area contributed by atoms with Crippen LogP contribution < -0.4 is 20.1 Å². The summed E-state index contributed by atoms with van der Waals surface area (Å²) in [7, 11) is 3.09. The molecule has 2 N–H and O–H groups in total. The Kier molecular flexibility index (Phi) is 6.75. The maximum Gasteiger partial charge on any atom is 0.321 e. The Morgan fingerprint density at radius 2 is 1.93 bits per heavy atom. The highest BCUT2D eigenvalue weighted by atomic mass is 32.2. The van der Waals surface area contributed by atoms with Gasteiger partial charge in [-0.15, -0.1) is 10.2 Å². The minimum absolute atomic E-state index is 0.00828. The number of benzene rings is 1. The van der Waals surface area contributed by atoms with E-state index in [1.54, 1.807) is 25.3 Å². The van der Waals surface area contributed by atoms with E-state index in [9.17, 15) is 9.59 Å². The average Bonchev–Trinajstić information content (AvgIpc) is 3.37. The third-order valence-electron chi connectivity index (χ3n) is 4.31. The Labute approximate surface area is 166 Å². The minimum Gasteiger partial charge on any atom is -0.493 e. The van der Waals surface area contributed by atoms with E-state index in [-0.39, 0.29) is 17.0 Å². The number of carbonyl (C=O) groups is 2. The van der Waals surface area contributed by atoms with Gasteiger partial charge in [0, 0.05) is 11.6 Å². The first-order chi connectivity index (χ1) is 13.6. The van der Waals surface area contributed by atoms with Gasteiger partial charge in [-0.25, -0.2) is 4.79 Å². The zero-order chi connectivity index (χ0) is 19.9. The molecule has 0 unspecified atom stereocenters. The van der Waals surface area contributed by atoms with Crippen LogP contribution in [0.3, 0.4) is 0 Å². The van der Waals surface area contributed by atoms with Crippen LogP contribution in [0.2, 0.25) is 0 Å². The first kappa shape index (κ1) is 20.0. The zero-order valence-corrected chi connectivity index (χ0v) is 16.5. The molecule has 0 bridgehead atoms. The van der Waals surface area contributed by atoms with Gasteiger partial charge >= 0.3 is 6.03 Å². The molecule has 150 valence electrons. The van der Waals surface area contributed by atoms with Crippen LogP contribution in [0.4, 0.5) is 4.79 Å². The zero-order valence-electron chi connectivity index (χ0n) is 15.7. The number of methoxy groups -OCH3 is 2. The number of imide groups is 1. The molecule has 1 aromatic carbocycles. The van der Waals surface area contributed by atoms with Crippen LogP contribution in [0, 0.1) is 0 Å². The highest BCUT2D eigenvalue weighted by Gasteiger charge is 2.19. The van der Waals surface area contributed by atoms with E-state index < -0.39 is 11.9 Å². The van der Waals surface area contributed by atoms with Gasteiger partial charge in [0.25, 0.3) is 5.22 Å². The summed E-state index contributed by atoms with van der Waals surface area (Å²) < 4.78 is 16.0. The van der Waals surface area contributed by atoms with Gasteiger partial charge < -0.3 is 19.2 Å². The molecule has 1 aliphatic carbocycles. The standard InChI is InChI=1S/C18H22N4O5S/c1-25-13-8-7-11(9-14(13)26-2)16-21-22-18(27-16)28-10-15(23)20-17(24)19-12-5-3-4-6-12/h7-9,12H,3-6,10H2,1-2H3,(H2,19,20,23,24). The molecule has 28 heavy (non-hydrogen) atoms. The molecule has 1 saturated carbocycles. The summed E-state index contributed by atoms with van der Waals surface area (Å²) in [6.07, 6.45) is 4.12. The summed E-state index contributed by atoms with van der Waals surface area (Å²) in [6.45, 7) is 0. The molecule has 9 nitrogen and oxygen atoms in total. The fraction of sp³-hybridized carbons (Fsp3) is 0.444. The largest absolute Gasteiger partial charge is 0.493 e. The van der Waals surface area contributed by atoms with Crippen LogP contribution >= 0.6 is 11.8 Å². The number of urea groups is 1.